The van der Waals surface area contributed by atoms with E-state index < -0.39 is 14.6 Å². The highest BCUT2D eigenvalue weighted by atomic mass is 32.2. The predicted molar refractivity (Wildman–Crippen MR) is 99.7 cm³/mol. The molecule has 1 fully saturated rings. The molecule has 0 atom stereocenters. The van der Waals surface area contributed by atoms with Crippen molar-refractivity contribution in [1.82, 2.24) is 19.8 Å². The molecule has 0 aromatic carbocycles. The number of sulfone groups is 1. The molecular weight excluding hydrogens is 338 g/mol. The molecule has 1 aromatic rings. The fraction of sp³-hybridized carbons (Fsp3) is 0.765. The average molecular weight is 368 g/mol. The van der Waals surface area contributed by atoms with E-state index in [0.29, 0.717) is 13.1 Å². The van der Waals surface area contributed by atoms with Crippen LogP contribution in [0.2, 0.25) is 0 Å². The van der Waals surface area contributed by atoms with Crippen molar-refractivity contribution in [3.63, 3.8) is 0 Å². The molecule has 2 aliphatic rings. The Labute approximate surface area is 150 Å². The number of nitrogens with zero attached hydrogens (tertiary/aromatic N) is 4. The van der Waals surface area contributed by atoms with Crippen LogP contribution in [0.4, 0.5) is 0 Å². The van der Waals surface area contributed by atoms with Crippen LogP contribution in [-0.4, -0.2) is 66.0 Å². The van der Waals surface area contributed by atoms with Crippen molar-refractivity contribution in [3.05, 3.63) is 17.7 Å². The zero-order valence-corrected chi connectivity index (χ0v) is 16.3. The summed E-state index contributed by atoms with van der Waals surface area (Å²) in [4.78, 5) is 11.1. The van der Waals surface area contributed by atoms with Gasteiger partial charge in [0.05, 0.1) is 16.2 Å². The summed E-state index contributed by atoms with van der Waals surface area (Å²) in [5, 5.41) is 3.36. The minimum Gasteiger partial charge on any atom is -0.356 e. The number of guanidine groups is 1. The van der Waals surface area contributed by atoms with Crippen molar-refractivity contribution in [2.24, 2.45) is 4.99 Å². The third-order valence-corrected chi connectivity index (χ3v) is 7.71. The van der Waals surface area contributed by atoms with Crippen LogP contribution in [0.5, 0.6) is 0 Å². The number of aliphatic imine (C=N–C) groups is 1. The summed E-state index contributed by atoms with van der Waals surface area (Å²) in [7, 11) is -1.29. The number of hydrogen-bond donors (Lipinski definition) is 1. The van der Waals surface area contributed by atoms with Gasteiger partial charge in [-0.1, -0.05) is 0 Å². The lowest BCUT2D eigenvalue weighted by molar-refractivity contribution is 0.353. The topological polar surface area (TPSA) is 79.6 Å². The quantitative estimate of drug-likeness (QED) is 0.633. The summed E-state index contributed by atoms with van der Waals surface area (Å²) in [6.07, 6.45) is 6.55. The first kappa shape index (κ1) is 18.2. The standard InChI is InChI=1S/C17H29N5O2S/c1-17(2)13-22(10-11-25(17,23)24)16(18-3)19-8-7-14-12-21-9-5-4-6-15(21)20-14/h12H,4-11,13H2,1-3H3,(H,18,19). The molecule has 1 aromatic heterocycles. The van der Waals surface area contributed by atoms with Crippen molar-refractivity contribution in [3.8, 4) is 0 Å². The van der Waals surface area contributed by atoms with Gasteiger partial charge in [-0.2, -0.15) is 0 Å². The number of imidazole rings is 1. The van der Waals surface area contributed by atoms with E-state index in [1.807, 2.05) is 4.90 Å². The highest BCUT2D eigenvalue weighted by Gasteiger charge is 2.40. The summed E-state index contributed by atoms with van der Waals surface area (Å²) in [6, 6.07) is 0. The van der Waals surface area contributed by atoms with E-state index in [2.05, 4.69) is 21.1 Å². The summed E-state index contributed by atoms with van der Waals surface area (Å²) < 4.78 is 25.8. The summed E-state index contributed by atoms with van der Waals surface area (Å²) in [6.45, 7) is 6.36. The van der Waals surface area contributed by atoms with E-state index in [4.69, 9.17) is 4.98 Å². The van der Waals surface area contributed by atoms with Crippen LogP contribution in [0, 0.1) is 0 Å². The van der Waals surface area contributed by atoms with E-state index in [9.17, 15) is 8.42 Å². The molecule has 0 bridgehead atoms. The third kappa shape index (κ3) is 3.83. The maximum atomic E-state index is 12.2. The molecule has 3 heterocycles. The molecule has 0 saturated carbocycles. The van der Waals surface area contributed by atoms with Gasteiger partial charge >= 0.3 is 0 Å². The highest BCUT2D eigenvalue weighted by Crippen LogP contribution is 2.23. The molecular formula is C17H29N5O2S. The molecule has 3 rings (SSSR count). The second-order valence-electron chi connectivity index (χ2n) is 7.52. The minimum atomic E-state index is -3.04. The van der Waals surface area contributed by atoms with Gasteiger partial charge in [-0.05, 0) is 26.7 Å². The fourth-order valence-corrected chi connectivity index (χ4v) is 4.92. The third-order valence-electron chi connectivity index (χ3n) is 5.18. The van der Waals surface area contributed by atoms with Crippen molar-refractivity contribution < 1.29 is 8.42 Å². The molecule has 8 heteroatoms. The van der Waals surface area contributed by atoms with Gasteiger partial charge in [0.15, 0.2) is 15.8 Å². The highest BCUT2D eigenvalue weighted by molar-refractivity contribution is 7.92. The normalized spacial score (nSPS) is 22.5. The van der Waals surface area contributed by atoms with E-state index in [0.717, 1.165) is 37.6 Å². The summed E-state index contributed by atoms with van der Waals surface area (Å²) in [5.74, 6) is 2.15. The molecule has 0 amide bonds. The van der Waals surface area contributed by atoms with Gasteiger partial charge < -0.3 is 14.8 Å². The van der Waals surface area contributed by atoms with Crippen molar-refractivity contribution in [2.45, 2.75) is 50.8 Å². The van der Waals surface area contributed by atoms with Gasteiger partial charge in [-0.25, -0.2) is 13.4 Å². The maximum Gasteiger partial charge on any atom is 0.193 e. The number of nitrogens with one attached hydrogen (secondary N) is 1. The minimum absolute atomic E-state index is 0.175. The lowest BCUT2D eigenvalue weighted by atomic mass is 10.2. The van der Waals surface area contributed by atoms with Crippen molar-refractivity contribution in [2.75, 3.05) is 32.4 Å². The lowest BCUT2D eigenvalue weighted by Gasteiger charge is -2.39. The van der Waals surface area contributed by atoms with Gasteiger partial charge in [-0.15, -0.1) is 0 Å². The Morgan fingerprint density at radius 3 is 2.84 bits per heavy atom. The molecule has 1 saturated heterocycles. The number of fused-ring (bicyclic) bond motifs is 1. The molecule has 0 unspecified atom stereocenters. The van der Waals surface area contributed by atoms with Crippen LogP contribution in [0.15, 0.2) is 11.2 Å². The van der Waals surface area contributed by atoms with Crippen molar-refractivity contribution >= 4 is 15.8 Å². The smallest absolute Gasteiger partial charge is 0.193 e. The lowest BCUT2D eigenvalue weighted by Crippen LogP contribution is -2.57. The summed E-state index contributed by atoms with van der Waals surface area (Å²) >= 11 is 0. The molecule has 7 nitrogen and oxygen atoms in total. The van der Waals surface area contributed by atoms with Crippen LogP contribution in [-0.2, 0) is 29.2 Å². The Morgan fingerprint density at radius 2 is 2.16 bits per heavy atom. The van der Waals surface area contributed by atoms with E-state index in [-0.39, 0.29) is 5.75 Å². The molecule has 0 aliphatic carbocycles. The van der Waals surface area contributed by atoms with Gasteiger partial charge in [0, 0.05) is 52.3 Å². The van der Waals surface area contributed by atoms with E-state index in [1.165, 1.54) is 18.7 Å². The SMILES string of the molecule is CN=C(NCCc1cn2c(n1)CCCC2)N1CCS(=O)(=O)C(C)(C)C1. The molecule has 0 spiro atoms. The number of aryl methyl sites for hydroxylation is 2. The van der Waals surface area contributed by atoms with Crippen molar-refractivity contribution in [1.29, 1.82) is 0 Å². The maximum absolute atomic E-state index is 12.2. The number of hydrogen-bond acceptors (Lipinski definition) is 4. The Balaban J connectivity index is 1.56. The van der Waals surface area contributed by atoms with Crippen LogP contribution < -0.4 is 5.32 Å². The first-order chi connectivity index (χ1) is 11.8. The zero-order valence-electron chi connectivity index (χ0n) is 15.5. The molecule has 140 valence electrons. The Kier molecular flexibility index (Phi) is 5.09. The Hall–Kier alpha value is -1.57. The molecule has 1 N–H and O–H groups in total. The molecule has 0 radical (unpaired) electrons. The van der Waals surface area contributed by atoms with E-state index >= 15 is 0 Å². The molecule has 2 aliphatic heterocycles. The first-order valence-corrected chi connectivity index (χ1v) is 10.7. The number of rotatable bonds is 3. The van der Waals surface area contributed by atoms with Gasteiger partial charge in [-0.3, -0.25) is 4.99 Å². The fourth-order valence-electron chi connectivity index (χ4n) is 3.55. The second-order valence-corrected chi connectivity index (χ2v) is 10.3. The van der Waals surface area contributed by atoms with Crippen LogP contribution in [0.3, 0.4) is 0 Å². The van der Waals surface area contributed by atoms with Crippen LogP contribution in [0.1, 0.15) is 38.2 Å². The monoisotopic (exact) mass is 367 g/mol. The van der Waals surface area contributed by atoms with Crippen LogP contribution in [0.25, 0.3) is 0 Å². The average Bonchev–Trinajstić information content (AvgIpc) is 2.97. The first-order valence-electron chi connectivity index (χ1n) is 9.05. The van der Waals surface area contributed by atoms with Gasteiger partial charge in [0.2, 0.25) is 0 Å². The Bertz CT molecular complexity index is 728. The predicted octanol–water partition coefficient (Wildman–Crippen LogP) is 0.846. The molecule has 25 heavy (non-hydrogen) atoms. The van der Waals surface area contributed by atoms with E-state index in [1.54, 1.807) is 20.9 Å². The van der Waals surface area contributed by atoms with Gasteiger partial charge in [0.1, 0.15) is 5.82 Å². The summed E-state index contributed by atoms with van der Waals surface area (Å²) in [5.41, 5.74) is 1.11. The second kappa shape index (κ2) is 6.97. The Morgan fingerprint density at radius 1 is 1.36 bits per heavy atom. The van der Waals surface area contributed by atoms with Gasteiger partial charge in [0.25, 0.3) is 0 Å². The van der Waals surface area contributed by atoms with Crippen LogP contribution >= 0.6 is 0 Å². The zero-order chi connectivity index (χ0) is 18.1. The largest absolute Gasteiger partial charge is 0.356 e. The number of aromatic nitrogens is 2.